The molecule has 230 valence electrons. The van der Waals surface area contributed by atoms with E-state index in [4.69, 9.17) is 5.73 Å². The molecule has 11 heteroatoms. The maximum Gasteiger partial charge on any atom is 0.416 e. The Morgan fingerprint density at radius 3 is 2.40 bits per heavy atom. The molecule has 2 aromatic carbocycles. The second kappa shape index (κ2) is 14.7. The van der Waals surface area contributed by atoms with E-state index in [0.29, 0.717) is 18.7 Å². The molecule has 1 heterocycles. The van der Waals surface area contributed by atoms with Crippen LogP contribution in [0.1, 0.15) is 49.8 Å². The number of rotatable bonds is 15. The highest BCUT2D eigenvalue weighted by Gasteiger charge is 2.52. The largest absolute Gasteiger partial charge is 0.416 e. The Hall–Kier alpha value is -3.41. The fourth-order valence-electron chi connectivity index (χ4n) is 5.26. The standard InChI is InChI=1S/C31H42F3N5O3/c1-4-6-10-16-38(3)28(41)26-19-30(29(35)42,37-39(26)5-2)25(18-22-12-8-7-9-13-22)27(40)21-36-20-23-14-11-15-24(17-23)31(32,33)34/h7-9,11-15,17,19,25,27,36-37,40H,4-6,10,16,18,20-21H2,1-3H3,(H2,35,42)/t25-,27+,30?/m1/s1. The van der Waals surface area contributed by atoms with Crippen LogP contribution in [0.15, 0.2) is 66.4 Å². The van der Waals surface area contributed by atoms with Crippen molar-refractivity contribution in [2.75, 3.05) is 26.7 Å². The van der Waals surface area contributed by atoms with Crippen molar-refractivity contribution in [3.8, 4) is 0 Å². The fraction of sp³-hybridized carbons (Fsp3) is 0.484. The van der Waals surface area contributed by atoms with E-state index in [1.807, 2.05) is 37.3 Å². The van der Waals surface area contributed by atoms with Gasteiger partial charge in [0, 0.05) is 39.1 Å². The molecule has 0 spiro atoms. The molecular formula is C31H42F3N5O3. The molecule has 0 aromatic heterocycles. The van der Waals surface area contributed by atoms with Crippen molar-refractivity contribution < 1.29 is 27.9 Å². The number of unbranched alkanes of at least 4 members (excludes halogenated alkanes) is 2. The van der Waals surface area contributed by atoms with Gasteiger partial charge in [-0.25, -0.2) is 5.43 Å². The maximum atomic E-state index is 13.5. The number of hydrogen-bond donors (Lipinski definition) is 4. The predicted molar refractivity (Wildman–Crippen MR) is 155 cm³/mol. The van der Waals surface area contributed by atoms with Crippen molar-refractivity contribution in [1.82, 2.24) is 20.7 Å². The molecule has 0 saturated heterocycles. The Morgan fingerprint density at radius 1 is 1.10 bits per heavy atom. The third-order valence-electron chi connectivity index (χ3n) is 7.65. The van der Waals surface area contributed by atoms with E-state index in [-0.39, 0.29) is 31.1 Å². The third kappa shape index (κ3) is 8.11. The van der Waals surface area contributed by atoms with Gasteiger partial charge in [-0.15, -0.1) is 0 Å². The highest BCUT2D eigenvalue weighted by Crippen LogP contribution is 2.34. The molecule has 0 aliphatic carbocycles. The number of carbonyl (C=O) groups excluding carboxylic acids is 2. The zero-order chi connectivity index (χ0) is 30.9. The zero-order valence-corrected chi connectivity index (χ0v) is 24.5. The van der Waals surface area contributed by atoms with Gasteiger partial charge in [0.25, 0.3) is 5.91 Å². The summed E-state index contributed by atoms with van der Waals surface area (Å²) in [5.41, 5.74) is 8.33. The van der Waals surface area contributed by atoms with Crippen LogP contribution in [0.25, 0.3) is 0 Å². The molecule has 3 rings (SSSR count). The number of aliphatic hydroxyl groups is 1. The summed E-state index contributed by atoms with van der Waals surface area (Å²) >= 11 is 0. The van der Waals surface area contributed by atoms with Gasteiger partial charge in [-0.05, 0) is 43.0 Å². The number of amides is 2. The molecule has 0 radical (unpaired) electrons. The minimum Gasteiger partial charge on any atom is -0.391 e. The SMILES string of the molecule is CCCCCN(C)C(=O)C1=CC(C(N)=O)([C@H](Cc2ccccc2)[C@@H](O)CNCc2cccc(C(F)(F)F)c2)NN1CC. The van der Waals surface area contributed by atoms with Gasteiger partial charge >= 0.3 is 6.18 Å². The molecule has 1 unspecified atom stereocenters. The molecule has 5 N–H and O–H groups in total. The van der Waals surface area contributed by atoms with Gasteiger partial charge in [0.15, 0.2) is 0 Å². The van der Waals surface area contributed by atoms with Crippen LogP contribution >= 0.6 is 0 Å². The topological polar surface area (TPSA) is 111 Å². The van der Waals surface area contributed by atoms with E-state index in [1.165, 1.54) is 12.1 Å². The number of carbonyl (C=O) groups is 2. The number of aliphatic hydroxyl groups excluding tert-OH is 1. The van der Waals surface area contributed by atoms with Crippen LogP contribution in [0.4, 0.5) is 13.2 Å². The number of nitrogens with one attached hydrogen (secondary N) is 2. The Balaban J connectivity index is 1.90. The summed E-state index contributed by atoms with van der Waals surface area (Å²) < 4.78 is 39.5. The first-order valence-electron chi connectivity index (χ1n) is 14.3. The number of halogens is 3. The van der Waals surface area contributed by atoms with Crippen molar-refractivity contribution in [3.63, 3.8) is 0 Å². The van der Waals surface area contributed by atoms with Gasteiger partial charge in [-0.3, -0.25) is 9.59 Å². The first-order chi connectivity index (χ1) is 19.9. The van der Waals surface area contributed by atoms with Crippen molar-refractivity contribution in [2.45, 2.75) is 63.9 Å². The Bertz CT molecular complexity index is 1220. The van der Waals surface area contributed by atoms with Crippen LogP contribution in [0.5, 0.6) is 0 Å². The van der Waals surface area contributed by atoms with Gasteiger partial charge in [0.05, 0.1) is 11.7 Å². The molecule has 0 bridgehead atoms. The highest BCUT2D eigenvalue weighted by molar-refractivity contribution is 5.97. The summed E-state index contributed by atoms with van der Waals surface area (Å²) in [6.07, 6.45) is -1.02. The second-order valence-corrected chi connectivity index (χ2v) is 10.7. The highest BCUT2D eigenvalue weighted by atomic mass is 19.4. The Labute approximate surface area is 245 Å². The fourth-order valence-corrected chi connectivity index (χ4v) is 5.26. The van der Waals surface area contributed by atoms with Gasteiger partial charge < -0.3 is 26.1 Å². The number of hydrazine groups is 1. The van der Waals surface area contributed by atoms with E-state index < -0.39 is 35.2 Å². The van der Waals surface area contributed by atoms with Gasteiger partial charge in [0.2, 0.25) is 5.91 Å². The molecule has 1 aliphatic heterocycles. The minimum atomic E-state index is -4.46. The second-order valence-electron chi connectivity index (χ2n) is 10.7. The predicted octanol–water partition coefficient (Wildman–Crippen LogP) is 3.61. The molecule has 0 saturated carbocycles. The molecule has 2 aromatic rings. The van der Waals surface area contributed by atoms with E-state index >= 15 is 0 Å². The lowest BCUT2D eigenvalue weighted by atomic mass is 9.76. The van der Waals surface area contributed by atoms with Crippen molar-refractivity contribution in [3.05, 3.63) is 83.1 Å². The number of benzene rings is 2. The van der Waals surface area contributed by atoms with E-state index in [2.05, 4.69) is 17.7 Å². The van der Waals surface area contributed by atoms with Crippen LogP contribution in [-0.2, 0) is 28.7 Å². The summed E-state index contributed by atoms with van der Waals surface area (Å²) in [6.45, 7) is 4.86. The van der Waals surface area contributed by atoms with Crippen LogP contribution in [0.3, 0.4) is 0 Å². The third-order valence-corrected chi connectivity index (χ3v) is 7.65. The number of likely N-dealkylation sites (N-methyl/N-ethyl adjacent to an activating group) is 2. The van der Waals surface area contributed by atoms with E-state index in [0.717, 1.165) is 37.0 Å². The lowest BCUT2D eigenvalue weighted by Crippen LogP contribution is -2.63. The first kappa shape index (κ1) is 33.1. The molecule has 0 fully saturated rings. The van der Waals surface area contributed by atoms with Gasteiger partial charge in [-0.2, -0.15) is 13.2 Å². The summed E-state index contributed by atoms with van der Waals surface area (Å²) in [7, 11) is 1.71. The number of nitrogens with two attached hydrogens (primary N) is 1. The van der Waals surface area contributed by atoms with Crippen molar-refractivity contribution in [1.29, 1.82) is 0 Å². The number of nitrogens with zero attached hydrogens (tertiary/aromatic N) is 2. The average molecular weight is 590 g/mol. The monoisotopic (exact) mass is 589 g/mol. The Kier molecular flexibility index (Phi) is 11.6. The number of primary amides is 1. The summed E-state index contributed by atoms with van der Waals surface area (Å²) in [5, 5.41) is 16.1. The molecular weight excluding hydrogens is 547 g/mol. The van der Waals surface area contributed by atoms with Crippen LogP contribution in [0, 0.1) is 5.92 Å². The zero-order valence-electron chi connectivity index (χ0n) is 24.5. The first-order valence-corrected chi connectivity index (χ1v) is 14.3. The van der Waals surface area contributed by atoms with Gasteiger partial charge in [-0.1, -0.05) is 68.3 Å². The normalized spacial score (nSPS) is 18.5. The van der Waals surface area contributed by atoms with Crippen LogP contribution in [-0.4, -0.2) is 65.2 Å². The lowest BCUT2D eigenvalue weighted by Gasteiger charge is -2.38. The smallest absolute Gasteiger partial charge is 0.391 e. The van der Waals surface area contributed by atoms with Crippen molar-refractivity contribution in [2.24, 2.45) is 11.7 Å². The molecule has 3 atom stereocenters. The summed E-state index contributed by atoms with van der Waals surface area (Å²) in [5.74, 6) is -1.84. The number of hydrogen-bond acceptors (Lipinski definition) is 6. The van der Waals surface area contributed by atoms with Crippen molar-refractivity contribution >= 4 is 11.8 Å². The lowest BCUT2D eigenvalue weighted by molar-refractivity contribution is -0.137. The Morgan fingerprint density at radius 2 is 1.79 bits per heavy atom. The van der Waals surface area contributed by atoms with Crippen LogP contribution in [0.2, 0.25) is 0 Å². The average Bonchev–Trinajstić information content (AvgIpc) is 3.37. The molecule has 8 nitrogen and oxygen atoms in total. The molecule has 42 heavy (non-hydrogen) atoms. The quantitative estimate of drug-likeness (QED) is 0.236. The molecule has 2 amide bonds. The number of alkyl halides is 3. The van der Waals surface area contributed by atoms with E-state index in [1.54, 1.807) is 23.0 Å². The molecule has 1 aliphatic rings. The minimum absolute atomic E-state index is 0.0371. The summed E-state index contributed by atoms with van der Waals surface area (Å²) in [4.78, 5) is 28.3. The maximum absolute atomic E-state index is 13.5. The van der Waals surface area contributed by atoms with Gasteiger partial charge in [0.1, 0.15) is 11.2 Å². The van der Waals surface area contributed by atoms with Crippen LogP contribution < -0.4 is 16.5 Å². The van der Waals surface area contributed by atoms with E-state index in [9.17, 15) is 27.9 Å². The summed E-state index contributed by atoms with van der Waals surface area (Å²) in [6, 6.07) is 14.2.